The third-order valence-corrected chi connectivity index (χ3v) is 9.53. The van der Waals surface area contributed by atoms with Crippen molar-refractivity contribution in [3.8, 4) is 0 Å². The SMILES string of the molecule is Cc1ccc(C(C)(C)C)cc1.Cc1ccc2cc(C(C)(C)C)ccc2c1.Cc1ccc2ccc(C(C)(C)C)cc2c1.Cc1cccc(C(C)(C)C)c1. The summed E-state index contributed by atoms with van der Waals surface area (Å²) in [6.07, 6.45) is 0. The minimum atomic E-state index is 0.234. The van der Waals surface area contributed by atoms with Crippen LogP contribution >= 0.6 is 0 Å². The molecule has 0 radical (unpaired) electrons. The van der Waals surface area contributed by atoms with Gasteiger partial charge in [0.1, 0.15) is 0 Å². The van der Waals surface area contributed by atoms with Gasteiger partial charge in [0, 0.05) is 0 Å². The topological polar surface area (TPSA) is 0 Å². The summed E-state index contributed by atoms with van der Waals surface area (Å²) in [5.74, 6) is 0. The van der Waals surface area contributed by atoms with Crippen LogP contribution in [0.25, 0.3) is 21.5 Å². The highest BCUT2D eigenvalue weighted by atomic mass is 14.2. The lowest BCUT2D eigenvalue weighted by Crippen LogP contribution is -2.10. The Morgan fingerprint density at radius 2 is 0.577 bits per heavy atom. The molecule has 0 atom stereocenters. The molecule has 0 amide bonds. The molecule has 0 bridgehead atoms. The van der Waals surface area contributed by atoms with Crippen LogP contribution in [0.3, 0.4) is 0 Å². The highest BCUT2D eigenvalue weighted by Gasteiger charge is 2.15. The largest absolute Gasteiger partial charge is 0.0617 e. The van der Waals surface area contributed by atoms with Crippen LogP contribution in [0, 0.1) is 27.7 Å². The molecule has 0 nitrogen and oxygen atoms in total. The third-order valence-electron chi connectivity index (χ3n) is 9.53. The van der Waals surface area contributed by atoms with Gasteiger partial charge in [-0.2, -0.15) is 0 Å². The van der Waals surface area contributed by atoms with Crippen LogP contribution < -0.4 is 0 Å². The predicted molar refractivity (Wildman–Crippen MR) is 235 cm³/mol. The maximum atomic E-state index is 2.31. The van der Waals surface area contributed by atoms with Crippen LogP contribution in [0.15, 0.2) is 121 Å². The summed E-state index contributed by atoms with van der Waals surface area (Å²) in [6.45, 7) is 35.5. The van der Waals surface area contributed by atoms with Gasteiger partial charge in [-0.1, -0.05) is 227 Å². The first-order valence-electron chi connectivity index (χ1n) is 19.1. The van der Waals surface area contributed by atoms with Crippen molar-refractivity contribution in [3.63, 3.8) is 0 Å². The minimum absolute atomic E-state index is 0.234. The van der Waals surface area contributed by atoms with E-state index in [4.69, 9.17) is 0 Å². The summed E-state index contributed by atoms with van der Waals surface area (Å²) in [5.41, 5.74) is 12.0. The molecule has 0 aliphatic rings. The average molecular weight is 693 g/mol. The number of aryl methyl sites for hydroxylation is 4. The molecule has 0 heteroatoms. The van der Waals surface area contributed by atoms with Gasteiger partial charge in [-0.3, -0.25) is 0 Å². The van der Waals surface area contributed by atoms with E-state index in [-0.39, 0.29) is 21.7 Å². The first-order valence-corrected chi connectivity index (χ1v) is 19.1. The number of benzene rings is 6. The van der Waals surface area contributed by atoms with Gasteiger partial charge in [-0.05, 0) is 93.2 Å². The fourth-order valence-corrected chi connectivity index (χ4v) is 5.83. The quantitative estimate of drug-likeness (QED) is 0.149. The Hall–Kier alpha value is -4.16. The first kappa shape index (κ1) is 42.3. The van der Waals surface area contributed by atoms with Gasteiger partial charge in [0.05, 0.1) is 0 Å². The normalized spacial score (nSPS) is 11.8. The van der Waals surface area contributed by atoms with Crippen molar-refractivity contribution in [2.75, 3.05) is 0 Å². The average Bonchev–Trinajstić information content (AvgIpc) is 3.03. The van der Waals surface area contributed by atoms with Gasteiger partial charge < -0.3 is 0 Å². The molecular formula is C52H68. The molecule has 6 rings (SSSR count). The van der Waals surface area contributed by atoms with Gasteiger partial charge >= 0.3 is 0 Å². The lowest BCUT2D eigenvalue weighted by Gasteiger charge is -2.19. The van der Waals surface area contributed by atoms with Gasteiger partial charge in [-0.25, -0.2) is 0 Å². The van der Waals surface area contributed by atoms with E-state index in [1.54, 1.807) is 0 Å². The highest BCUT2D eigenvalue weighted by Crippen LogP contribution is 2.28. The standard InChI is InChI=1S/2C15H18.2C11H16/c1-11-5-6-13-10-14(15(2,3)4)8-7-12(13)9-11;1-11-5-6-12-7-8-14(15(2,3)4)10-13(12)9-11;1-9-5-7-10(8-6-9)11(2,3)4;1-9-6-5-7-10(8-9)11(2,3)4/h2*5-10H,1-4H3;2*5-8H,1-4H3. The van der Waals surface area contributed by atoms with E-state index < -0.39 is 0 Å². The van der Waals surface area contributed by atoms with Crippen molar-refractivity contribution in [1.82, 2.24) is 0 Å². The molecule has 6 aromatic carbocycles. The summed E-state index contributed by atoms with van der Waals surface area (Å²) in [5, 5.41) is 5.35. The van der Waals surface area contributed by atoms with E-state index in [1.165, 1.54) is 66.1 Å². The van der Waals surface area contributed by atoms with Crippen LogP contribution in [0.1, 0.15) is 128 Å². The highest BCUT2D eigenvalue weighted by molar-refractivity contribution is 5.84. The molecule has 0 aliphatic heterocycles. The number of hydrogen-bond acceptors (Lipinski definition) is 0. The molecule has 0 heterocycles. The molecule has 0 spiro atoms. The number of hydrogen-bond donors (Lipinski definition) is 0. The number of rotatable bonds is 0. The van der Waals surface area contributed by atoms with Crippen molar-refractivity contribution in [2.24, 2.45) is 0 Å². The van der Waals surface area contributed by atoms with Crippen molar-refractivity contribution in [1.29, 1.82) is 0 Å². The maximum absolute atomic E-state index is 2.31. The molecule has 276 valence electrons. The fourth-order valence-electron chi connectivity index (χ4n) is 5.83. The van der Waals surface area contributed by atoms with Crippen molar-refractivity contribution in [3.05, 3.63) is 166 Å². The smallest absolute Gasteiger partial charge is 0.0132 e. The lowest BCUT2D eigenvalue weighted by molar-refractivity contribution is 0.589. The molecule has 6 aromatic rings. The lowest BCUT2D eigenvalue weighted by atomic mass is 9.86. The van der Waals surface area contributed by atoms with E-state index in [2.05, 4.69) is 232 Å². The van der Waals surface area contributed by atoms with Crippen LogP contribution in [0.2, 0.25) is 0 Å². The second-order valence-corrected chi connectivity index (χ2v) is 18.9. The third kappa shape index (κ3) is 13.1. The zero-order valence-corrected chi connectivity index (χ0v) is 35.5. The minimum Gasteiger partial charge on any atom is -0.0617 e. The summed E-state index contributed by atoms with van der Waals surface area (Å²) < 4.78 is 0. The molecule has 0 unspecified atom stereocenters. The number of fused-ring (bicyclic) bond motifs is 2. The monoisotopic (exact) mass is 693 g/mol. The van der Waals surface area contributed by atoms with Gasteiger partial charge in [0.25, 0.3) is 0 Å². The molecule has 0 saturated carbocycles. The van der Waals surface area contributed by atoms with Crippen LogP contribution in [-0.4, -0.2) is 0 Å². The van der Waals surface area contributed by atoms with E-state index in [0.29, 0.717) is 0 Å². The van der Waals surface area contributed by atoms with E-state index >= 15 is 0 Å². The summed E-state index contributed by atoms with van der Waals surface area (Å²) in [4.78, 5) is 0. The van der Waals surface area contributed by atoms with Crippen molar-refractivity contribution < 1.29 is 0 Å². The zero-order valence-electron chi connectivity index (χ0n) is 35.5. The Balaban J connectivity index is 0.000000189. The maximum Gasteiger partial charge on any atom is -0.0132 e. The van der Waals surface area contributed by atoms with Crippen LogP contribution in [-0.2, 0) is 21.7 Å². The Bertz CT molecular complexity index is 2030. The Morgan fingerprint density at radius 3 is 1.04 bits per heavy atom. The Kier molecular flexibility index (Phi) is 13.9. The molecule has 0 saturated heterocycles. The Labute approximate surface area is 318 Å². The van der Waals surface area contributed by atoms with E-state index in [9.17, 15) is 0 Å². The second-order valence-electron chi connectivity index (χ2n) is 18.9. The predicted octanol–water partition coefficient (Wildman–Crippen LogP) is 15.5. The molecule has 0 N–H and O–H groups in total. The second kappa shape index (κ2) is 17.1. The van der Waals surface area contributed by atoms with Gasteiger partial charge in [0.15, 0.2) is 0 Å². The summed E-state index contributed by atoms with van der Waals surface area (Å²) in [7, 11) is 0. The molecule has 0 aliphatic carbocycles. The van der Waals surface area contributed by atoms with Crippen molar-refractivity contribution >= 4 is 21.5 Å². The fraction of sp³-hybridized carbons (Fsp3) is 0.385. The first-order chi connectivity index (χ1) is 23.9. The summed E-state index contributed by atoms with van der Waals surface area (Å²) >= 11 is 0. The van der Waals surface area contributed by atoms with E-state index in [0.717, 1.165) is 0 Å². The molecule has 52 heavy (non-hydrogen) atoms. The van der Waals surface area contributed by atoms with Crippen LogP contribution in [0.4, 0.5) is 0 Å². The van der Waals surface area contributed by atoms with Gasteiger partial charge in [0.2, 0.25) is 0 Å². The molecule has 0 fully saturated rings. The van der Waals surface area contributed by atoms with Gasteiger partial charge in [-0.15, -0.1) is 0 Å². The Morgan fingerprint density at radius 1 is 0.250 bits per heavy atom. The molecule has 0 aromatic heterocycles. The van der Waals surface area contributed by atoms with E-state index in [1.807, 2.05) is 0 Å². The summed E-state index contributed by atoms with van der Waals surface area (Å²) in [6, 6.07) is 44.2. The zero-order chi connectivity index (χ0) is 39.1. The molecular weight excluding hydrogens is 625 g/mol. The van der Waals surface area contributed by atoms with Crippen LogP contribution in [0.5, 0.6) is 0 Å². The van der Waals surface area contributed by atoms with Crippen molar-refractivity contribution in [2.45, 2.75) is 132 Å².